The van der Waals surface area contributed by atoms with Gasteiger partial charge in [-0.15, -0.1) is 0 Å². The van der Waals surface area contributed by atoms with Crippen molar-refractivity contribution in [3.05, 3.63) is 28.8 Å². The van der Waals surface area contributed by atoms with Crippen LogP contribution in [0.3, 0.4) is 0 Å². The quantitative estimate of drug-likeness (QED) is 0.842. The smallest absolute Gasteiger partial charge is 0.226 e. The molecule has 2 aliphatic heterocycles. The molecule has 3 aliphatic rings. The highest BCUT2D eigenvalue weighted by Crippen LogP contribution is 2.61. The molecule has 0 radical (unpaired) electrons. The largest absolute Gasteiger partial charge is 0.493 e. The topological polar surface area (TPSA) is 32.8 Å². The van der Waals surface area contributed by atoms with Gasteiger partial charge in [0.1, 0.15) is 5.75 Å². The number of amides is 1. The number of hydrogen-bond donors (Lipinski definition) is 0. The van der Waals surface area contributed by atoms with Gasteiger partial charge < -0.3 is 14.5 Å². The first kappa shape index (κ1) is 16.2. The van der Waals surface area contributed by atoms with Gasteiger partial charge in [-0.1, -0.05) is 11.6 Å². The van der Waals surface area contributed by atoms with Crippen LogP contribution in [0.1, 0.15) is 31.2 Å². The molecule has 1 saturated carbocycles. The Kier molecular flexibility index (Phi) is 4.00. The molecule has 4 rings (SSSR count). The summed E-state index contributed by atoms with van der Waals surface area (Å²) in [5, 5.41) is 0.725. The SMILES string of the molecule is CN(C)C[C@H]1CCCN1C(=O)[C@@H]1C[C@]12CCOc1ccc(Cl)cc12. The summed E-state index contributed by atoms with van der Waals surface area (Å²) < 4.78 is 5.79. The van der Waals surface area contributed by atoms with Crippen molar-refractivity contribution in [3.63, 3.8) is 0 Å². The Labute approximate surface area is 148 Å². The van der Waals surface area contributed by atoms with E-state index in [0.717, 1.165) is 55.1 Å². The van der Waals surface area contributed by atoms with Crippen LogP contribution in [0.25, 0.3) is 0 Å². The first-order chi connectivity index (χ1) is 11.5. The van der Waals surface area contributed by atoms with Crippen molar-refractivity contribution in [2.75, 3.05) is 33.8 Å². The Bertz CT molecular complexity index is 663. The summed E-state index contributed by atoms with van der Waals surface area (Å²) in [5.41, 5.74) is 1.10. The van der Waals surface area contributed by atoms with Crippen molar-refractivity contribution in [1.82, 2.24) is 9.80 Å². The molecule has 1 saturated heterocycles. The normalized spacial score (nSPS) is 31.2. The van der Waals surface area contributed by atoms with E-state index in [2.05, 4.69) is 23.9 Å². The van der Waals surface area contributed by atoms with Crippen LogP contribution >= 0.6 is 11.6 Å². The van der Waals surface area contributed by atoms with Crippen LogP contribution in [0.2, 0.25) is 5.02 Å². The second-order valence-electron chi connectivity index (χ2n) is 7.74. The molecule has 2 fully saturated rings. The number of carbonyl (C=O) groups is 1. The number of likely N-dealkylation sites (tertiary alicyclic amines) is 1. The van der Waals surface area contributed by atoms with Crippen LogP contribution in [0, 0.1) is 5.92 Å². The summed E-state index contributed by atoms with van der Waals surface area (Å²) in [4.78, 5) is 17.5. The van der Waals surface area contributed by atoms with Gasteiger partial charge in [-0.05, 0) is 58.0 Å². The second-order valence-corrected chi connectivity index (χ2v) is 8.18. The summed E-state index contributed by atoms with van der Waals surface area (Å²) >= 11 is 6.21. The number of hydrogen-bond acceptors (Lipinski definition) is 3. The molecular weight excluding hydrogens is 324 g/mol. The Hall–Kier alpha value is -1.26. The van der Waals surface area contributed by atoms with Crippen LogP contribution in [-0.2, 0) is 10.2 Å². The average molecular weight is 349 g/mol. The Balaban J connectivity index is 1.56. The van der Waals surface area contributed by atoms with E-state index in [9.17, 15) is 4.79 Å². The molecule has 0 bridgehead atoms. The molecule has 1 aromatic rings. The lowest BCUT2D eigenvalue weighted by Crippen LogP contribution is -2.43. The number of ether oxygens (including phenoxy) is 1. The molecule has 4 nitrogen and oxygen atoms in total. The monoisotopic (exact) mass is 348 g/mol. The highest BCUT2D eigenvalue weighted by Gasteiger charge is 2.62. The minimum Gasteiger partial charge on any atom is -0.493 e. The minimum atomic E-state index is -0.0409. The number of rotatable bonds is 3. The summed E-state index contributed by atoms with van der Waals surface area (Å²) in [6, 6.07) is 6.18. The lowest BCUT2D eigenvalue weighted by Gasteiger charge is -2.30. The number of nitrogens with zero attached hydrogens (tertiary/aromatic N) is 2. The van der Waals surface area contributed by atoms with Gasteiger partial charge in [0.15, 0.2) is 0 Å². The number of halogens is 1. The average Bonchev–Trinajstić information content (AvgIpc) is 3.07. The maximum atomic E-state index is 13.2. The molecule has 130 valence electrons. The summed E-state index contributed by atoms with van der Waals surface area (Å²) in [6.07, 6.45) is 4.10. The first-order valence-electron chi connectivity index (χ1n) is 8.89. The van der Waals surface area contributed by atoms with E-state index < -0.39 is 0 Å². The molecule has 5 heteroatoms. The number of carbonyl (C=O) groups excluding carboxylic acids is 1. The second kappa shape index (κ2) is 5.92. The Morgan fingerprint density at radius 1 is 1.46 bits per heavy atom. The lowest BCUT2D eigenvalue weighted by atomic mass is 9.87. The predicted molar refractivity (Wildman–Crippen MR) is 94.6 cm³/mol. The third-order valence-corrected chi connectivity index (χ3v) is 6.13. The third kappa shape index (κ3) is 2.60. The van der Waals surface area contributed by atoms with Crippen molar-refractivity contribution in [2.45, 2.75) is 37.1 Å². The lowest BCUT2D eigenvalue weighted by molar-refractivity contribution is -0.134. The number of fused-ring (bicyclic) bond motifs is 2. The van der Waals surface area contributed by atoms with E-state index in [-0.39, 0.29) is 11.3 Å². The fourth-order valence-corrected chi connectivity index (χ4v) is 4.81. The van der Waals surface area contributed by atoms with Crippen LogP contribution in [0.4, 0.5) is 0 Å². The van der Waals surface area contributed by atoms with E-state index in [0.29, 0.717) is 18.6 Å². The molecule has 1 aromatic carbocycles. The molecule has 0 unspecified atom stereocenters. The molecule has 1 spiro atoms. The van der Waals surface area contributed by atoms with E-state index >= 15 is 0 Å². The Morgan fingerprint density at radius 2 is 2.29 bits per heavy atom. The van der Waals surface area contributed by atoms with E-state index in [1.54, 1.807) is 0 Å². The standard InChI is InChI=1S/C19H25ClN2O2/c1-21(2)12-14-4-3-8-22(14)18(23)16-11-19(16)7-9-24-17-6-5-13(20)10-15(17)19/h5-6,10,14,16H,3-4,7-9,11-12H2,1-2H3/t14-,16+,19+/m1/s1. The van der Waals surface area contributed by atoms with Crippen molar-refractivity contribution in [1.29, 1.82) is 0 Å². The van der Waals surface area contributed by atoms with E-state index in [1.807, 2.05) is 18.2 Å². The summed E-state index contributed by atoms with van der Waals surface area (Å²) in [5.74, 6) is 1.35. The maximum Gasteiger partial charge on any atom is 0.226 e. The summed E-state index contributed by atoms with van der Waals surface area (Å²) in [7, 11) is 4.16. The van der Waals surface area contributed by atoms with Crippen LogP contribution < -0.4 is 4.74 Å². The van der Waals surface area contributed by atoms with E-state index in [4.69, 9.17) is 16.3 Å². The van der Waals surface area contributed by atoms with Gasteiger partial charge in [-0.25, -0.2) is 0 Å². The molecule has 24 heavy (non-hydrogen) atoms. The highest BCUT2D eigenvalue weighted by molar-refractivity contribution is 6.30. The number of benzene rings is 1. The molecule has 1 aliphatic carbocycles. The van der Waals surface area contributed by atoms with Crippen molar-refractivity contribution < 1.29 is 9.53 Å². The van der Waals surface area contributed by atoms with Crippen LogP contribution in [0.15, 0.2) is 18.2 Å². The molecule has 0 N–H and O–H groups in total. The Morgan fingerprint density at radius 3 is 3.08 bits per heavy atom. The fraction of sp³-hybridized carbons (Fsp3) is 0.632. The van der Waals surface area contributed by atoms with Gasteiger partial charge in [-0.3, -0.25) is 4.79 Å². The molecule has 3 atom stereocenters. The van der Waals surface area contributed by atoms with Gasteiger partial charge in [0, 0.05) is 41.1 Å². The van der Waals surface area contributed by atoms with Gasteiger partial charge in [0.2, 0.25) is 5.91 Å². The van der Waals surface area contributed by atoms with Gasteiger partial charge in [-0.2, -0.15) is 0 Å². The third-order valence-electron chi connectivity index (χ3n) is 5.89. The molecular formula is C19H25ClN2O2. The van der Waals surface area contributed by atoms with E-state index in [1.165, 1.54) is 0 Å². The van der Waals surface area contributed by atoms with Crippen LogP contribution in [-0.4, -0.2) is 55.5 Å². The van der Waals surface area contributed by atoms with Crippen molar-refractivity contribution >= 4 is 17.5 Å². The van der Waals surface area contributed by atoms with Gasteiger partial charge in [0.05, 0.1) is 6.61 Å². The summed E-state index contributed by atoms with van der Waals surface area (Å²) in [6.45, 7) is 2.55. The maximum absolute atomic E-state index is 13.2. The fourth-order valence-electron chi connectivity index (χ4n) is 4.64. The van der Waals surface area contributed by atoms with Crippen molar-refractivity contribution in [3.8, 4) is 5.75 Å². The zero-order valence-electron chi connectivity index (χ0n) is 14.4. The zero-order chi connectivity index (χ0) is 16.9. The first-order valence-corrected chi connectivity index (χ1v) is 9.27. The number of likely N-dealkylation sites (N-methyl/N-ethyl adjacent to an activating group) is 1. The molecule has 1 amide bonds. The zero-order valence-corrected chi connectivity index (χ0v) is 15.2. The van der Waals surface area contributed by atoms with Crippen LogP contribution in [0.5, 0.6) is 5.75 Å². The van der Waals surface area contributed by atoms with Gasteiger partial charge in [0.25, 0.3) is 0 Å². The van der Waals surface area contributed by atoms with Gasteiger partial charge >= 0.3 is 0 Å². The molecule has 0 aromatic heterocycles. The predicted octanol–water partition coefficient (Wildman–Crippen LogP) is 2.93. The highest BCUT2D eigenvalue weighted by atomic mass is 35.5. The van der Waals surface area contributed by atoms with Crippen molar-refractivity contribution in [2.24, 2.45) is 5.92 Å². The molecule has 2 heterocycles. The minimum absolute atomic E-state index is 0.0409.